The minimum atomic E-state index is -0.403. The second-order valence-electron chi connectivity index (χ2n) is 6.31. The van der Waals surface area contributed by atoms with Crippen LogP contribution in [0.15, 0.2) is 24.3 Å². The molecule has 130 valence electrons. The molecule has 2 heterocycles. The number of ether oxygens (including phenoxy) is 1. The summed E-state index contributed by atoms with van der Waals surface area (Å²) >= 11 is 0. The maximum atomic E-state index is 12.6. The van der Waals surface area contributed by atoms with Gasteiger partial charge in [0.05, 0.1) is 17.7 Å². The summed E-state index contributed by atoms with van der Waals surface area (Å²) in [6, 6.07) is 6.64. The molecule has 0 N–H and O–H groups in total. The number of fused-ring (bicyclic) bond motifs is 1. The number of hydrogen-bond acceptors (Lipinski definition) is 4. The van der Waals surface area contributed by atoms with Gasteiger partial charge in [-0.25, -0.2) is 0 Å². The van der Waals surface area contributed by atoms with Crippen molar-refractivity contribution in [2.75, 3.05) is 32.8 Å². The molecule has 6 heteroatoms. The maximum absolute atomic E-state index is 12.6. The van der Waals surface area contributed by atoms with Gasteiger partial charge in [0.2, 0.25) is 5.91 Å². The smallest absolute Gasteiger partial charge is 0.262 e. The summed E-state index contributed by atoms with van der Waals surface area (Å²) in [6.07, 6.45) is 7.01. The van der Waals surface area contributed by atoms with Crippen LogP contribution >= 0.6 is 0 Å². The molecular weight excluding hydrogens is 320 g/mol. The minimum Gasteiger partial charge on any atom is -0.368 e. The maximum Gasteiger partial charge on any atom is 0.262 e. The van der Waals surface area contributed by atoms with Gasteiger partial charge in [-0.05, 0) is 30.9 Å². The normalized spacial score (nSPS) is 19.7. The highest BCUT2D eigenvalue weighted by Gasteiger charge is 2.37. The number of carbonyl (C=O) groups excluding carboxylic acids is 3. The molecule has 0 saturated carbocycles. The van der Waals surface area contributed by atoms with Crippen molar-refractivity contribution in [3.63, 3.8) is 0 Å². The van der Waals surface area contributed by atoms with E-state index in [9.17, 15) is 14.4 Å². The predicted octanol–water partition coefficient (Wildman–Crippen LogP) is 1.17. The molecule has 1 aromatic rings. The van der Waals surface area contributed by atoms with Gasteiger partial charge in [-0.15, -0.1) is 6.42 Å². The van der Waals surface area contributed by atoms with Crippen molar-refractivity contribution < 1.29 is 19.1 Å². The minimum absolute atomic E-state index is 0.212. The first-order chi connectivity index (χ1) is 12.1. The van der Waals surface area contributed by atoms with Crippen LogP contribution in [0.3, 0.4) is 0 Å². The summed E-state index contributed by atoms with van der Waals surface area (Å²) in [7, 11) is 0. The van der Waals surface area contributed by atoms with Crippen LogP contribution in [0.25, 0.3) is 0 Å². The molecule has 1 unspecified atom stereocenters. The van der Waals surface area contributed by atoms with Gasteiger partial charge in [0.25, 0.3) is 11.8 Å². The van der Waals surface area contributed by atoms with E-state index in [0.717, 1.165) is 17.7 Å². The summed E-state index contributed by atoms with van der Waals surface area (Å²) in [5, 5.41) is 0. The van der Waals surface area contributed by atoms with Crippen LogP contribution < -0.4 is 0 Å². The van der Waals surface area contributed by atoms with Crippen LogP contribution in [0.1, 0.15) is 33.6 Å². The Balaban J connectivity index is 1.60. The summed E-state index contributed by atoms with van der Waals surface area (Å²) < 4.78 is 5.37. The fourth-order valence-corrected chi connectivity index (χ4v) is 3.33. The molecule has 25 heavy (non-hydrogen) atoms. The van der Waals surface area contributed by atoms with Crippen molar-refractivity contribution in [2.45, 2.75) is 12.8 Å². The molecule has 1 aromatic carbocycles. The van der Waals surface area contributed by atoms with Crippen LogP contribution in [0.5, 0.6) is 0 Å². The molecule has 1 fully saturated rings. The Hall–Kier alpha value is -2.65. The van der Waals surface area contributed by atoms with Crippen molar-refractivity contribution >= 4 is 17.7 Å². The molecule has 0 radical (unpaired) electrons. The van der Waals surface area contributed by atoms with Gasteiger partial charge >= 0.3 is 0 Å². The van der Waals surface area contributed by atoms with E-state index in [1.54, 1.807) is 29.2 Å². The lowest BCUT2D eigenvalue weighted by atomic mass is 9.99. The summed E-state index contributed by atoms with van der Waals surface area (Å²) in [4.78, 5) is 40.0. The molecule has 1 atom stereocenters. The number of terminal acetylenes is 1. The molecular formula is C19H20N2O4. The van der Waals surface area contributed by atoms with E-state index < -0.39 is 11.8 Å². The van der Waals surface area contributed by atoms with Crippen molar-refractivity contribution in [3.05, 3.63) is 35.4 Å². The Labute approximate surface area is 146 Å². The largest absolute Gasteiger partial charge is 0.368 e. The second-order valence-corrected chi connectivity index (χ2v) is 6.31. The van der Waals surface area contributed by atoms with Gasteiger partial charge in [0.1, 0.15) is 13.2 Å². The van der Waals surface area contributed by atoms with E-state index in [2.05, 4.69) is 5.92 Å². The van der Waals surface area contributed by atoms with Gasteiger partial charge < -0.3 is 9.64 Å². The van der Waals surface area contributed by atoms with Crippen molar-refractivity contribution in [1.82, 2.24) is 9.80 Å². The number of amides is 3. The highest BCUT2D eigenvalue weighted by atomic mass is 16.5. The lowest BCUT2D eigenvalue weighted by molar-refractivity contribution is -0.133. The average Bonchev–Trinajstić information content (AvgIpc) is 2.87. The predicted molar refractivity (Wildman–Crippen MR) is 90.8 cm³/mol. The van der Waals surface area contributed by atoms with E-state index in [0.29, 0.717) is 30.8 Å². The van der Waals surface area contributed by atoms with Crippen molar-refractivity contribution in [3.8, 4) is 12.3 Å². The van der Waals surface area contributed by atoms with Gasteiger partial charge in [-0.3, -0.25) is 19.3 Å². The zero-order chi connectivity index (χ0) is 17.8. The van der Waals surface area contributed by atoms with Gasteiger partial charge in [-0.2, -0.15) is 0 Å². The molecule has 3 rings (SSSR count). The van der Waals surface area contributed by atoms with Crippen LogP contribution in [0.2, 0.25) is 0 Å². The summed E-state index contributed by atoms with van der Waals surface area (Å²) in [5.74, 6) is 1.64. The molecule has 6 nitrogen and oxygen atoms in total. The molecule has 0 bridgehead atoms. The fourth-order valence-electron chi connectivity index (χ4n) is 3.33. The van der Waals surface area contributed by atoms with Crippen LogP contribution in [0.4, 0.5) is 0 Å². The molecule has 1 saturated heterocycles. The molecule has 0 aliphatic carbocycles. The summed E-state index contributed by atoms with van der Waals surface area (Å²) in [6.45, 7) is 1.75. The monoisotopic (exact) mass is 340 g/mol. The highest BCUT2D eigenvalue weighted by molar-refractivity contribution is 6.22. The molecule has 0 spiro atoms. The van der Waals surface area contributed by atoms with E-state index in [-0.39, 0.29) is 25.0 Å². The third-order valence-electron chi connectivity index (χ3n) is 4.58. The second kappa shape index (κ2) is 7.49. The van der Waals surface area contributed by atoms with Crippen LogP contribution in [-0.4, -0.2) is 60.4 Å². The first kappa shape index (κ1) is 17.2. The molecule has 2 aliphatic rings. The zero-order valence-electron chi connectivity index (χ0n) is 13.9. The third-order valence-corrected chi connectivity index (χ3v) is 4.58. The highest BCUT2D eigenvalue weighted by Crippen LogP contribution is 2.23. The van der Waals surface area contributed by atoms with Gasteiger partial charge in [0, 0.05) is 13.1 Å². The number of nitrogens with zero attached hydrogens (tertiary/aromatic N) is 2. The van der Waals surface area contributed by atoms with Crippen molar-refractivity contribution in [1.29, 1.82) is 0 Å². The summed E-state index contributed by atoms with van der Waals surface area (Å²) in [5.41, 5.74) is 0.721. The van der Waals surface area contributed by atoms with Crippen LogP contribution in [-0.2, 0) is 9.53 Å². The standard InChI is InChI=1S/C19H20N2O4/c1-2-10-25-13-14-6-5-9-20(11-14)17(22)12-21-18(23)15-7-3-4-8-16(15)19(21)24/h1,3-4,7-8,14H,5-6,9-13H2. The van der Waals surface area contributed by atoms with E-state index in [1.807, 2.05) is 0 Å². The van der Waals surface area contributed by atoms with E-state index in [1.165, 1.54) is 0 Å². The van der Waals surface area contributed by atoms with E-state index >= 15 is 0 Å². The SMILES string of the molecule is C#CCOCC1CCCN(C(=O)CN2C(=O)c3ccccc3C2=O)C1. The third kappa shape index (κ3) is 3.57. The Morgan fingerprint density at radius 2 is 1.92 bits per heavy atom. The fraction of sp³-hybridized carbons (Fsp3) is 0.421. The number of piperidine rings is 1. The lowest BCUT2D eigenvalue weighted by Gasteiger charge is -2.33. The number of benzene rings is 1. The zero-order valence-corrected chi connectivity index (χ0v) is 13.9. The van der Waals surface area contributed by atoms with Gasteiger partial charge in [-0.1, -0.05) is 18.1 Å². The molecule has 2 aliphatic heterocycles. The number of likely N-dealkylation sites (tertiary alicyclic amines) is 1. The quantitative estimate of drug-likeness (QED) is 0.458. The Morgan fingerprint density at radius 1 is 1.24 bits per heavy atom. The Morgan fingerprint density at radius 3 is 2.56 bits per heavy atom. The average molecular weight is 340 g/mol. The number of hydrogen-bond donors (Lipinski definition) is 0. The number of carbonyl (C=O) groups is 3. The number of imide groups is 1. The Kier molecular flexibility index (Phi) is 5.15. The first-order valence-corrected chi connectivity index (χ1v) is 8.36. The Bertz CT molecular complexity index is 702. The lowest BCUT2D eigenvalue weighted by Crippen LogP contribution is -2.47. The van der Waals surface area contributed by atoms with E-state index in [4.69, 9.17) is 11.2 Å². The molecule has 3 amide bonds. The topological polar surface area (TPSA) is 66.9 Å². The number of rotatable bonds is 5. The molecule has 0 aromatic heterocycles. The first-order valence-electron chi connectivity index (χ1n) is 8.36. The van der Waals surface area contributed by atoms with Gasteiger partial charge in [0.15, 0.2) is 0 Å². The van der Waals surface area contributed by atoms with Crippen molar-refractivity contribution in [2.24, 2.45) is 5.92 Å². The van der Waals surface area contributed by atoms with Crippen LogP contribution in [0, 0.1) is 18.3 Å².